The number of thiophene rings is 1. The van der Waals surface area contributed by atoms with Gasteiger partial charge < -0.3 is 4.52 Å². The summed E-state index contributed by atoms with van der Waals surface area (Å²) in [4.78, 5) is 21.7. The van der Waals surface area contributed by atoms with Gasteiger partial charge in [-0.05, 0) is 23.6 Å². The van der Waals surface area contributed by atoms with Gasteiger partial charge in [-0.25, -0.2) is 4.98 Å². The first-order chi connectivity index (χ1) is 12.8. The van der Waals surface area contributed by atoms with Crippen LogP contribution in [0.1, 0.15) is 5.82 Å². The van der Waals surface area contributed by atoms with Crippen molar-refractivity contribution in [2.24, 2.45) is 0 Å². The molecule has 0 radical (unpaired) electrons. The Kier molecular flexibility index (Phi) is 4.68. The summed E-state index contributed by atoms with van der Waals surface area (Å²) in [5.41, 5.74) is 1.50. The number of thioether (sulfide) groups is 1. The quantitative estimate of drug-likeness (QED) is 0.285. The lowest BCUT2D eigenvalue weighted by molar-refractivity contribution is 0.425. The fraction of sp³-hybridized carbons (Fsp3) is 0.111. The molecule has 4 rings (SSSR count). The standard InChI is InChI=1S/C18H14N4O2S2/c1-2-8-22-17(23)13-5-3-4-6-14(13)19-18(22)26-11-15-20-16(24-21-15)12-7-9-25-10-12/h2-7,9-10H,1,8,11H2. The van der Waals surface area contributed by atoms with Gasteiger partial charge in [0.25, 0.3) is 11.4 Å². The Hall–Kier alpha value is -2.71. The molecule has 0 saturated carbocycles. The molecule has 26 heavy (non-hydrogen) atoms. The highest BCUT2D eigenvalue weighted by Crippen LogP contribution is 2.24. The molecule has 0 N–H and O–H groups in total. The zero-order valence-corrected chi connectivity index (χ0v) is 15.3. The van der Waals surface area contributed by atoms with Gasteiger partial charge in [0.2, 0.25) is 0 Å². The van der Waals surface area contributed by atoms with Crippen LogP contribution >= 0.6 is 23.1 Å². The summed E-state index contributed by atoms with van der Waals surface area (Å²) in [6.07, 6.45) is 1.69. The molecule has 0 aliphatic heterocycles. The second-order valence-corrected chi connectivity index (χ2v) is 7.15. The number of allylic oxidation sites excluding steroid dienone is 1. The molecule has 130 valence electrons. The average molecular weight is 382 g/mol. The molecule has 0 atom stereocenters. The molecule has 3 aromatic heterocycles. The van der Waals surface area contributed by atoms with Crippen molar-refractivity contribution in [2.75, 3.05) is 0 Å². The SMILES string of the molecule is C=CCn1c(SCc2noc(-c3ccsc3)n2)nc2ccccc2c1=O. The highest BCUT2D eigenvalue weighted by atomic mass is 32.2. The van der Waals surface area contributed by atoms with Crippen LogP contribution in [0.2, 0.25) is 0 Å². The van der Waals surface area contributed by atoms with Crippen LogP contribution in [0.4, 0.5) is 0 Å². The van der Waals surface area contributed by atoms with Crippen LogP contribution in [0.25, 0.3) is 22.4 Å². The van der Waals surface area contributed by atoms with Gasteiger partial charge in [0.1, 0.15) is 0 Å². The van der Waals surface area contributed by atoms with E-state index in [4.69, 9.17) is 4.52 Å². The van der Waals surface area contributed by atoms with Crippen molar-refractivity contribution in [3.63, 3.8) is 0 Å². The van der Waals surface area contributed by atoms with Crippen LogP contribution in [-0.2, 0) is 12.3 Å². The number of nitrogens with zero attached hydrogens (tertiary/aromatic N) is 4. The predicted molar refractivity (Wildman–Crippen MR) is 103 cm³/mol. The van der Waals surface area contributed by atoms with Crippen LogP contribution in [0, 0.1) is 0 Å². The molecule has 1 aromatic carbocycles. The molecule has 0 aliphatic carbocycles. The summed E-state index contributed by atoms with van der Waals surface area (Å²) in [7, 11) is 0. The molecular formula is C18H14N4O2S2. The Morgan fingerprint density at radius 1 is 1.27 bits per heavy atom. The van der Waals surface area contributed by atoms with Crippen LogP contribution in [-0.4, -0.2) is 19.7 Å². The molecule has 0 saturated heterocycles. The van der Waals surface area contributed by atoms with E-state index in [1.165, 1.54) is 11.8 Å². The monoisotopic (exact) mass is 382 g/mol. The molecule has 0 fully saturated rings. The minimum Gasteiger partial charge on any atom is -0.334 e. The van der Waals surface area contributed by atoms with E-state index in [9.17, 15) is 4.79 Å². The molecule has 8 heteroatoms. The van der Waals surface area contributed by atoms with Crippen molar-refractivity contribution in [2.45, 2.75) is 17.5 Å². The minimum atomic E-state index is -0.0786. The number of hydrogen-bond donors (Lipinski definition) is 0. The van der Waals surface area contributed by atoms with Crippen molar-refractivity contribution in [1.29, 1.82) is 0 Å². The smallest absolute Gasteiger partial charge is 0.262 e. The fourth-order valence-corrected chi connectivity index (χ4v) is 3.97. The van der Waals surface area contributed by atoms with Crippen molar-refractivity contribution in [3.05, 3.63) is 69.9 Å². The summed E-state index contributed by atoms with van der Waals surface area (Å²) in [6.45, 7) is 4.13. The topological polar surface area (TPSA) is 73.8 Å². The molecule has 0 amide bonds. The number of rotatable bonds is 6. The lowest BCUT2D eigenvalue weighted by atomic mass is 10.2. The molecule has 0 aliphatic rings. The molecule has 3 heterocycles. The Labute approximate surface area is 157 Å². The highest BCUT2D eigenvalue weighted by molar-refractivity contribution is 7.98. The zero-order valence-electron chi connectivity index (χ0n) is 13.7. The van der Waals surface area contributed by atoms with E-state index in [0.717, 1.165) is 5.56 Å². The Morgan fingerprint density at radius 2 is 2.15 bits per heavy atom. The Bertz CT molecular complexity index is 1120. The van der Waals surface area contributed by atoms with Gasteiger partial charge in [-0.15, -0.1) is 6.58 Å². The van der Waals surface area contributed by atoms with Crippen LogP contribution < -0.4 is 5.56 Å². The zero-order chi connectivity index (χ0) is 17.9. The summed E-state index contributed by atoms with van der Waals surface area (Å²) in [6, 6.07) is 9.25. The van der Waals surface area contributed by atoms with E-state index in [2.05, 4.69) is 21.7 Å². The molecular weight excluding hydrogens is 368 g/mol. The lowest BCUT2D eigenvalue weighted by Gasteiger charge is -2.10. The maximum absolute atomic E-state index is 12.7. The molecule has 0 spiro atoms. The number of hydrogen-bond acceptors (Lipinski definition) is 7. The largest absolute Gasteiger partial charge is 0.334 e. The van der Waals surface area contributed by atoms with Crippen molar-refractivity contribution in [1.82, 2.24) is 19.7 Å². The van der Waals surface area contributed by atoms with Crippen molar-refractivity contribution < 1.29 is 4.52 Å². The maximum Gasteiger partial charge on any atom is 0.262 e. The van der Waals surface area contributed by atoms with Gasteiger partial charge in [0, 0.05) is 11.9 Å². The second-order valence-electron chi connectivity index (χ2n) is 5.43. The Morgan fingerprint density at radius 3 is 2.96 bits per heavy atom. The first kappa shape index (κ1) is 16.7. The van der Waals surface area contributed by atoms with Crippen LogP contribution in [0.5, 0.6) is 0 Å². The summed E-state index contributed by atoms with van der Waals surface area (Å²) < 4.78 is 6.91. The molecule has 4 aromatic rings. The third kappa shape index (κ3) is 3.21. The number of benzene rings is 1. The minimum absolute atomic E-state index is 0.0786. The van der Waals surface area contributed by atoms with Gasteiger partial charge in [-0.2, -0.15) is 16.3 Å². The van der Waals surface area contributed by atoms with E-state index >= 15 is 0 Å². The van der Waals surface area contributed by atoms with Gasteiger partial charge in [-0.3, -0.25) is 9.36 Å². The van der Waals surface area contributed by atoms with Gasteiger partial charge in [-0.1, -0.05) is 35.1 Å². The maximum atomic E-state index is 12.7. The second kappa shape index (κ2) is 7.27. The first-order valence-electron chi connectivity index (χ1n) is 7.84. The molecule has 6 nitrogen and oxygen atoms in total. The number of aromatic nitrogens is 4. The predicted octanol–water partition coefficient (Wildman–Crippen LogP) is 3.99. The first-order valence-corrected chi connectivity index (χ1v) is 9.77. The number of para-hydroxylation sites is 1. The van der Waals surface area contributed by atoms with Gasteiger partial charge in [0.05, 0.1) is 22.2 Å². The van der Waals surface area contributed by atoms with E-state index in [1.54, 1.807) is 28.0 Å². The van der Waals surface area contributed by atoms with E-state index in [-0.39, 0.29) is 5.56 Å². The van der Waals surface area contributed by atoms with E-state index in [1.807, 2.05) is 35.0 Å². The Balaban J connectivity index is 1.63. The van der Waals surface area contributed by atoms with Crippen molar-refractivity contribution >= 4 is 34.0 Å². The summed E-state index contributed by atoms with van der Waals surface area (Å²) >= 11 is 2.97. The van der Waals surface area contributed by atoms with Gasteiger partial charge in [0.15, 0.2) is 11.0 Å². The normalized spacial score (nSPS) is 11.1. The third-order valence-corrected chi connectivity index (χ3v) is 5.36. The van der Waals surface area contributed by atoms with Crippen LogP contribution in [0.3, 0.4) is 0 Å². The third-order valence-electron chi connectivity index (χ3n) is 3.70. The van der Waals surface area contributed by atoms with E-state index < -0.39 is 0 Å². The molecule has 0 unspecified atom stereocenters. The lowest BCUT2D eigenvalue weighted by Crippen LogP contribution is -2.22. The fourth-order valence-electron chi connectivity index (χ4n) is 2.49. The van der Waals surface area contributed by atoms with E-state index in [0.29, 0.717) is 40.1 Å². The van der Waals surface area contributed by atoms with Crippen LogP contribution in [0.15, 0.2) is 68.2 Å². The van der Waals surface area contributed by atoms with Gasteiger partial charge >= 0.3 is 0 Å². The number of fused-ring (bicyclic) bond motifs is 1. The average Bonchev–Trinajstić information content (AvgIpc) is 3.34. The summed E-state index contributed by atoms with van der Waals surface area (Å²) in [5.74, 6) is 1.51. The molecule has 0 bridgehead atoms. The summed E-state index contributed by atoms with van der Waals surface area (Å²) in [5, 5.41) is 9.13. The highest BCUT2D eigenvalue weighted by Gasteiger charge is 2.13. The van der Waals surface area contributed by atoms with Crippen molar-refractivity contribution in [3.8, 4) is 11.5 Å².